The molecule has 1 aromatic carbocycles. The molecule has 1 aromatic rings. The molecule has 0 saturated carbocycles. The van der Waals surface area contributed by atoms with Crippen molar-refractivity contribution in [3.05, 3.63) is 14.7 Å². The molecule has 1 N–H and O–H groups in total. The van der Waals surface area contributed by atoms with E-state index in [4.69, 9.17) is 18.9 Å². The summed E-state index contributed by atoms with van der Waals surface area (Å²) in [5.74, 6) is 1.11. The Labute approximate surface area is 150 Å². The van der Waals surface area contributed by atoms with Crippen molar-refractivity contribution < 1.29 is 28.8 Å². The Morgan fingerprint density at radius 3 is 2.04 bits per heavy atom. The molecule has 23 heavy (non-hydrogen) atoms. The molecule has 0 saturated heterocycles. The van der Waals surface area contributed by atoms with Crippen LogP contribution in [0.1, 0.15) is 44.9 Å². The van der Waals surface area contributed by atoms with Crippen LogP contribution >= 0.6 is 22.6 Å². The summed E-state index contributed by atoms with van der Waals surface area (Å²) in [6, 6.07) is 0. The largest absolute Gasteiger partial charge is 0.514 e. The molecule has 1 rings (SSSR count). The minimum atomic E-state index is -0.902. The average Bonchev–Trinajstić information content (AvgIpc) is 2.39. The number of rotatable bonds is 4. The van der Waals surface area contributed by atoms with Gasteiger partial charge in [-0.05, 0) is 57.2 Å². The van der Waals surface area contributed by atoms with Gasteiger partial charge in [-0.1, -0.05) is 0 Å². The summed E-state index contributed by atoms with van der Waals surface area (Å²) < 4.78 is 21.9. The molecule has 0 aliphatic carbocycles. The van der Waals surface area contributed by atoms with Crippen molar-refractivity contribution in [2.24, 2.45) is 0 Å². The summed E-state index contributed by atoms with van der Waals surface area (Å²) in [5.41, 5.74) is 0.403. The molecule has 0 aliphatic heterocycles. The zero-order valence-corrected chi connectivity index (χ0v) is 16.6. The van der Waals surface area contributed by atoms with E-state index in [1.165, 1.54) is 14.2 Å². The van der Waals surface area contributed by atoms with Crippen LogP contribution in [-0.4, -0.2) is 31.1 Å². The fourth-order valence-corrected chi connectivity index (χ4v) is 3.16. The number of carbonyl (C=O) groups is 1. The lowest BCUT2D eigenvalue weighted by molar-refractivity contribution is 0.0197. The second-order valence-corrected chi connectivity index (χ2v) is 7.07. The molecule has 0 radical (unpaired) electrons. The van der Waals surface area contributed by atoms with E-state index in [1.54, 1.807) is 27.7 Å². The van der Waals surface area contributed by atoms with Crippen molar-refractivity contribution in [3.8, 4) is 17.2 Å². The number of ether oxygens (including phenoxy) is 4. The number of aliphatic hydroxyl groups excluding tert-OH is 1. The van der Waals surface area contributed by atoms with E-state index >= 15 is 0 Å². The third-order valence-electron chi connectivity index (χ3n) is 2.97. The number of hydrogen-bond acceptors (Lipinski definition) is 6. The second-order valence-electron chi connectivity index (χ2n) is 5.99. The van der Waals surface area contributed by atoms with E-state index in [0.29, 0.717) is 26.2 Å². The first kappa shape index (κ1) is 19.8. The number of aliphatic hydroxyl groups is 1. The lowest BCUT2D eigenvalue weighted by atomic mass is 10.0. The van der Waals surface area contributed by atoms with Crippen molar-refractivity contribution in [3.63, 3.8) is 0 Å². The molecule has 130 valence electrons. The van der Waals surface area contributed by atoms with Gasteiger partial charge in [-0.15, -0.1) is 0 Å². The highest BCUT2D eigenvalue weighted by Gasteiger charge is 2.29. The zero-order valence-electron chi connectivity index (χ0n) is 14.4. The molecule has 0 aliphatic rings. The number of benzene rings is 1. The van der Waals surface area contributed by atoms with Crippen LogP contribution in [0.4, 0.5) is 4.79 Å². The van der Waals surface area contributed by atoms with E-state index in [0.717, 1.165) is 0 Å². The van der Waals surface area contributed by atoms with Crippen LogP contribution in [0.25, 0.3) is 0 Å². The fourth-order valence-electron chi connectivity index (χ4n) is 2.13. The van der Waals surface area contributed by atoms with Crippen molar-refractivity contribution >= 4 is 28.7 Å². The van der Waals surface area contributed by atoms with E-state index in [9.17, 15) is 9.90 Å². The molecule has 1 atom stereocenters. The predicted molar refractivity (Wildman–Crippen MR) is 94.5 cm³/mol. The van der Waals surface area contributed by atoms with Gasteiger partial charge in [0, 0.05) is 5.56 Å². The van der Waals surface area contributed by atoms with Gasteiger partial charge in [0.15, 0.2) is 5.75 Å². The molecule has 1 unspecified atom stereocenters. The normalized spacial score (nSPS) is 12.6. The Bertz CT molecular complexity index is 589. The summed E-state index contributed by atoms with van der Waals surface area (Å²) >= 11 is 2.00. The monoisotopic (exact) mass is 438 g/mol. The highest BCUT2D eigenvalue weighted by Crippen LogP contribution is 2.46. The maximum Gasteiger partial charge on any atom is 0.514 e. The van der Waals surface area contributed by atoms with Gasteiger partial charge in [-0.2, -0.15) is 0 Å². The van der Waals surface area contributed by atoms with Gasteiger partial charge in [-0.3, -0.25) is 0 Å². The molecule has 0 aromatic heterocycles. The van der Waals surface area contributed by atoms with Crippen molar-refractivity contribution in [2.45, 2.75) is 46.3 Å². The summed E-state index contributed by atoms with van der Waals surface area (Å²) in [5, 5.41) is 10.1. The van der Waals surface area contributed by atoms with Crippen LogP contribution in [0.2, 0.25) is 0 Å². The van der Waals surface area contributed by atoms with Crippen molar-refractivity contribution in [2.75, 3.05) is 14.2 Å². The summed E-state index contributed by atoms with van der Waals surface area (Å²) in [6.45, 7) is 8.60. The van der Waals surface area contributed by atoms with Gasteiger partial charge in [0.25, 0.3) is 0 Å². The van der Waals surface area contributed by atoms with E-state index < -0.39 is 17.9 Å². The Balaban J connectivity index is 3.47. The summed E-state index contributed by atoms with van der Waals surface area (Å²) in [4.78, 5) is 12.0. The molecule has 0 heterocycles. The molecule has 0 fully saturated rings. The average molecular weight is 438 g/mol. The Hall–Kier alpha value is -1.22. The van der Waals surface area contributed by atoms with E-state index in [2.05, 4.69) is 0 Å². The SMILES string of the molecule is COc1c(C)c(OC)c(C(C)O)c(OC(=O)OC(C)(C)C)c1I. The molecular weight excluding hydrogens is 415 g/mol. The summed E-state index contributed by atoms with van der Waals surface area (Å²) in [7, 11) is 3.00. The Morgan fingerprint density at radius 2 is 1.65 bits per heavy atom. The highest BCUT2D eigenvalue weighted by atomic mass is 127. The topological polar surface area (TPSA) is 74.2 Å². The van der Waals surface area contributed by atoms with Crippen LogP contribution in [0.3, 0.4) is 0 Å². The third-order valence-corrected chi connectivity index (χ3v) is 3.95. The number of hydrogen-bond donors (Lipinski definition) is 1. The van der Waals surface area contributed by atoms with Crippen LogP contribution in [-0.2, 0) is 4.74 Å². The smallest absolute Gasteiger partial charge is 0.496 e. The van der Waals surface area contributed by atoms with Gasteiger partial charge in [0.2, 0.25) is 0 Å². The first-order valence-electron chi connectivity index (χ1n) is 7.06. The lowest BCUT2D eigenvalue weighted by Gasteiger charge is -2.23. The predicted octanol–water partition coefficient (Wildman–Crippen LogP) is 3.98. The Kier molecular flexibility index (Phi) is 6.52. The van der Waals surface area contributed by atoms with E-state index in [-0.39, 0.29) is 5.75 Å². The lowest BCUT2D eigenvalue weighted by Crippen LogP contribution is -2.26. The molecule has 6 nitrogen and oxygen atoms in total. The quantitative estimate of drug-likeness (QED) is 0.436. The molecule has 7 heteroatoms. The number of halogens is 1. The highest BCUT2D eigenvalue weighted by molar-refractivity contribution is 14.1. The maximum atomic E-state index is 12.0. The van der Waals surface area contributed by atoms with Gasteiger partial charge in [0.05, 0.1) is 29.5 Å². The van der Waals surface area contributed by atoms with Crippen LogP contribution in [0, 0.1) is 10.5 Å². The van der Waals surface area contributed by atoms with E-state index in [1.807, 2.05) is 29.5 Å². The van der Waals surface area contributed by atoms with Crippen molar-refractivity contribution in [1.82, 2.24) is 0 Å². The minimum Gasteiger partial charge on any atom is -0.496 e. The number of methoxy groups -OCH3 is 2. The van der Waals surface area contributed by atoms with Gasteiger partial charge < -0.3 is 24.1 Å². The van der Waals surface area contributed by atoms with Gasteiger partial charge in [-0.25, -0.2) is 4.79 Å². The van der Waals surface area contributed by atoms with Gasteiger partial charge >= 0.3 is 6.16 Å². The molecule has 0 amide bonds. The van der Waals surface area contributed by atoms with Crippen LogP contribution in [0.15, 0.2) is 0 Å². The second kappa shape index (κ2) is 7.57. The Morgan fingerprint density at radius 1 is 1.13 bits per heavy atom. The molecule has 0 bridgehead atoms. The van der Waals surface area contributed by atoms with Crippen molar-refractivity contribution in [1.29, 1.82) is 0 Å². The van der Waals surface area contributed by atoms with Gasteiger partial charge in [0.1, 0.15) is 17.1 Å². The fraction of sp³-hybridized carbons (Fsp3) is 0.562. The molecular formula is C16H23IO6. The minimum absolute atomic E-state index is 0.175. The van der Waals surface area contributed by atoms with Crippen LogP contribution < -0.4 is 14.2 Å². The maximum absolute atomic E-state index is 12.0. The third kappa shape index (κ3) is 4.63. The standard InChI is InChI=1S/C16H23IO6/c1-8-12(20-6)10(9(2)18)14(11(17)13(8)21-7)22-15(19)23-16(3,4)5/h9,18H,1-7H3. The summed E-state index contributed by atoms with van der Waals surface area (Å²) in [6.07, 6.45) is -1.76. The van der Waals surface area contributed by atoms with Crippen LogP contribution in [0.5, 0.6) is 17.2 Å². The number of carbonyl (C=O) groups excluding carboxylic acids is 1. The first-order valence-corrected chi connectivity index (χ1v) is 8.14. The zero-order chi connectivity index (χ0) is 17.9. The first-order chi connectivity index (χ1) is 10.5. The molecule has 0 spiro atoms.